The molecule has 94 valence electrons. The second kappa shape index (κ2) is 7.09. The van der Waals surface area contributed by atoms with E-state index >= 15 is 0 Å². The molecule has 0 radical (unpaired) electrons. The molecule has 0 saturated heterocycles. The van der Waals surface area contributed by atoms with Crippen molar-refractivity contribution >= 4 is 11.9 Å². The van der Waals surface area contributed by atoms with Crippen molar-refractivity contribution in [2.75, 3.05) is 6.54 Å². The summed E-state index contributed by atoms with van der Waals surface area (Å²) in [6, 6.07) is -1.22. The molecule has 0 aromatic carbocycles. The van der Waals surface area contributed by atoms with Crippen molar-refractivity contribution in [3.8, 4) is 0 Å². The van der Waals surface area contributed by atoms with Crippen LogP contribution >= 0.6 is 0 Å². The fraction of sp³-hybridized carbons (Fsp3) is 0.818. The molecule has 16 heavy (non-hydrogen) atoms. The van der Waals surface area contributed by atoms with Crippen molar-refractivity contribution < 1.29 is 9.59 Å². The van der Waals surface area contributed by atoms with Gasteiger partial charge in [0, 0.05) is 6.54 Å². The molecule has 0 spiro atoms. The lowest BCUT2D eigenvalue weighted by Gasteiger charge is -2.20. The van der Waals surface area contributed by atoms with Gasteiger partial charge < -0.3 is 16.4 Å². The first kappa shape index (κ1) is 14.7. The SMILES string of the molecule is CC(C)CCNC(=O)[C@@H](NC(N)=O)C(C)C. The van der Waals surface area contributed by atoms with Crippen molar-refractivity contribution in [2.24, 2.45) is 17.6 Å². The zero-order chi connectivity index (χ0) is 12.7. The van der Waals surface area contributed by atoms with E-state index in [0.717, 1.165) is 6.42 Å². The van der Waals surface area contributed by atoms with Crippen LogP contribution in [0.1, 0.15) is 34.1 Å². The van der Waals surface area contributed by atoms with Gasteiger partial charge in [-0.15, -0.1) is 0 Å². The normalized spacial score (nSPS) is 12.6. The lowest BCUT2D eigenvalue weighted by molar-refractivity contribution is -0.123. The van der Waals surface area contributed by atoms with Crippen LogP contribution in [0, 0.1) is 11.8 Å². The number of primary amides is 1. The van der Waals surface area contributed by atoms with Gasteiger partial charge in [0.25, 0.3) is 0 Å². The van der Waals surface area contributed by atoms with Gasteiger partial charge in [-0.2, -0.15) is 0 Å². The van der Waals surface area contributed by atoms with Crippen LogP contribution in [-0.4, -0.2) is 24.5 Å². The Kier molecular flexibility index (Phi) is 6.53. The number of carbonyl (C=O) groups is 2. The van der Waals surface area contributed by atoms with Gasteiger partial charge in [-0.05, 0) is 18.3 Å². The van der Waals surface area contributed by atoms with Crippen LogP contribution in [0.25, 0.3) is 0 Å². The van der Waals surface area contributed by atoms with Crippen LogP contribution in [-0.2, 0) is 4.79 Å². The van der Waals surface area contributed by atoms with Crippen LogP contribution < -0.4 is 16.4 Å². The number of rotatable bonds is 6. The van der Waals surface area contributed by atoms with Gasteiger partial charge in [0.1, 0.15) is 6.04 Å². The van der Waals surface area contributed by atoms with E-state index in [1.54, 1.807) is 0 Å². The standard InChI is InChI=1S/C11H23N3O2/c1-7(2)5-6-13-10(15)9(8(3)4)14-11(12)16/h7-9H,5-6H2,1-4H3,(H,13,15)(H3,12,14,16)/t9-/m0/s1. The molecular weight excluding hydrogens is 206 g/mol. The third kappa shape index (κ3) is 6.27. The molecule has 0 aromatic heterocycles. The number of amides is 3. The largest absolute Gasteiger partial charge is 0.354 e. The number of carbonyl (C=O) groups excluding carboxylic acids is 2. The minimum atomic E-state index is -0.669. The Morgan fingerprint density at radius 2 is 1.75 bits per heavy atom. The molecule has 0 fully saturated rings. The third-order valence-corrected chi connectivity index (χ3v) is 2.27. The highest BCUT2D eigenvalue weighted by Gasteiger charge is 2.22. The summed E-state index contributed by atoms with van der Waals surface area (Å²) in [5, 5.41) is 5.24. The number of hydrogen-bond donors (Lipinski definition) is 3. The maximum Gasteiger partial charge on any atom is 0.312 e. The molecule has 0 aromatic rings. The van der Waals surface area contributed by atoms with Crippen molar-refractivity contribution in [1.29, 1.82) is 0 Å². The summed E-state index contributed by atoms with van der Waals surface area (Å²) in [6.45, 7) is 8.53. The zero-order valence-electron chi connectivity index (χ0n) is 10.5. The molecule has 5 nitrogen and oxygen atoms in total. The molecule has 1 atom stereocenters. The summed E-state index contributed by atoms with van der Waals surface area (Å²) in [5.41, 5.74) is 5.02. The Labute approximate surface area is 97.2 Å². The van der Waals surface area contributed by atoms with E-state index in [4.69, 9.17) is 5.73 Å². The minimum Gasteiger partial charge on any atom is -0.354 e. The molecule has 0 aliphatic rings. The maximum atomic E-state index is 11.7. The monoisotopic (exact) mass is 229 g/mol. The molecule has 5 heteroatoms. The predicted octanol–water partition coefficient (Wildman–Crippen LogP) is 0.842. The Balaban J connectivity index is 4.12. The number of nitrogens with one attached hydrogen (secondary N) is 2. The highest BCUT2D eigenvalue weighted by molar-refractivity contribution is 5.86. The topological polar surface area (TPSA) is 84.2 Å². The van der Waals surface area contributed by atoms with Crippen LogP contribution in [0.5, 0.6) is 0 Å². The summed E-state index contributed by atoms with van der Waals surface area (Å²) >= 11 is 0. The van der Waals surface area contributed by atoms with Crippen LogP contribution in [0.4, 0.5) is 4.79 Å². The smallest absolute Gasteiger partial charge is 0.312 e. The average Bonchev–Trinajstić information content (AvgIpc) is 2.12. The fourth-order valence-electron chi connectivity index (χ4n) is 1.28. The molecule has 0 heterocycles. The molecule has 0 aliphatic carbocycles. The fourth-order valence-corrected chi connectivity index (χ4v) is 1.28. The molecule has 0 bridgehead atoms. The quantitative estimate of drug-likeness (QED) is 0.630. The maximum absolute atomic E-state index is 11.7. The Morgan fingerprint density at radius 3 is 2.12 bits per heavy atom. The van der Waals surface area contributed by atoms with Gasteiger partial charge in [0.05, 0.1) is 0 Å². The number of nitrogens with two attached hydrogens (primary N) is 1. The molecular formula is C11H23N3O2. The molecule has 0 rings (SSSR count). The van der Waals surface area contributed by atoms with E-state index in [1.807, 2.05) is 13.8 Å². The Morgan fingerprint density at radius 1 is 1.19 bits per heavy atom. The second-order valence-corrected chi connectivity index (χ2v) is 4.70. The summed E-state index contributed by atoms with van der Waals surface area (Å²) in [6.07, 6.45) is 0.924. The molecule has 4 N–H and O–H groups in total. The van der Waals surface area contributed by atoms with Gasteiger partial charge >= 0.3 is 6.03 Å². The number of hydrogen-bond acceptors (Lipinski definition) is 2. The van der Waals surface area contributed by atoms with Gasteiger partial charge in [0.15, 0.2) is 0 Å². The first-order chi connectivity index (χ1) is 7.34. The highest BCUT2D eigenvalue weighted by Crippen LogP contribution is 2.02. The number of urea groups is 1. The summed E-state index contributed by atoms with van der Waals surface area (Å²) in [5.74, 6) is 0.392. The van der Waals surface area contributed by atoms with Crippen molar-refractivity contribution in [3.05, 3.63) is 0 Å². The van der Waals surface area contributed by atoms with E-state index in [-0.39, 0.29) is 11.8 Å². The van der Waals surface area contributed by atoms with E-state index < -0.39 is 12.1 Å². The lowest BCUT2D eigenvalue weighted by atomic mass is 10.0. The van der Waals surface area contributed by atoms with E-state index in [0.29, 0.717) is 12.5 Å². The van der Waals surface area contributed by atoms with Gasteiger partial charge in [0.2, 0.25) is 5.91 Å². The van der Waals surface area contributed by atoms with Crippen LogP contribution in [0.15, 0.2) is 0 Å². The minimum absolute atomic E-state index is 0.0200. The van der Waals surface area contributed by atoms with E-state index in [2.05, 4.69) is 24.5 Å². The predicted molar refractivity (Wildman–Crippen MR) is 63.8 cm³/mol. The second-order valence-electron chi connectivity index (χ2n) is 4.70. The summed E-state index contributed by atoms with van der Waals surface area (Å²) in [4.78, 5) is 22.5. The highest BCUT2D eigenvalue weighted by atomic mass is 16.2. The van der Waals surface area contributed by atoms with Crippen LogP contribution in [0.2, 0.25) is 0 Å². The molecule has 3 amide bonds. The van der Waals surface area contributed by atoms with E-state index in [9.17, 15) is 9.59 Å². The van der Waals surface area contributed by atoms with Gasteiger partial charge in [-0.25, -0.2) is 4.79 Å². The first-order valence-electron chi connectivity index (χ1n) is 5.68. The molecule has 0 aliphatic heterocycles. The summed E-state index contributed by atoms with van der Waals surface area (Å²) in [7, 11) is 0. The van der Waals surface area contributed by atoms with Crippen molar-refractivity contribution in [1.82, 2.24) is 10.6 Å². The summed E-state index contributed by atoms with van der Waals surface area (Å²) < 4.78 is 0. The first-order valence-corrected chi connectivity index (χ1v) is 5.68. The van der Waals surface area contributed by atoms with E-state index in [1.165, 1.54) is 0 Å². The molecule has 0 saturated carbocycles. The van der Waals surface area contributed by atoms with Crippen LogP contribution in [0.3, 0.4) is 0 Å². The van der Waals surface area contributed by atoms with Gasteiger partial charge in [-0.1, -0.05) is 27.7 Å². The average molecular weight is 229 g/mol. The Hall–Kier alpha value is -1.26. The van der Waals surface area contributed by atoms with Gasteiger partial charge in [-0.3, -0.25) is 4.79 Å². The lowest BCUT2D eigenvalue weighted by Crippen LogP contribution is -2.51. The van der Waals surface area contributed by atoms with Crippen molar-refractivity contribution in [3.63, 3.8) is 0 Å². The van der Waals surface area contributed by atoms with Crippen molar-refractivity contribution in [2.45, 2.75) is 40.2 Å². The third-order valence-electron chi connectivity index (χ3n) is 2.27. The zero-order valence-corrected chi connectivity index (χ0v) is 10.5. The Bertz CT molecular complexity index is 239. The molecule has 0 unspecified atom stereocenters.